The molecule has 3 aromatic rings. The molecule has 34 heavy (non-hydrogen) atoms. The van der Waals surface area contributed by atoms with Crippen molar-refractivity contribution in [2.75, 3.05) is 19.6 Å². The van der Waals surface area contributed by atoms with Crippen molar-refractivity contribution in [3.05, 3.63) is 81.1 Å². The number of halogens is 2. The average molecular weight is 469 g/mol. The maximum absolute atomic E-state index is 14.1. The number of piperidine rings is 1. The molecule has 0 unspecified atom stereocenters. The van der Waals surface area contributed by atoms with E-state index in [-0.39, 0.29) is 30.4 Å². The molecule has 0 amide bonds. The van der Waals surface area contributed by atoms with Gasteiger partial charge < -0.3 is 14.6 Å². The molecule has 2 heterocycles. The van der Waals surface area contributed by atoms with Crippen molar-refractivity contribution >= 4 is 16.9 Å². The van der Waals surface area contributed by atoms with Crippen LogP contribution < -0.4 is 5.43 Å². The summed E-state index contributed by atoms with van der Waals surface area (Å²) < 4.78 is 29.3. The molecule has 0 bridgehead atoms. The van der Waals surface area contributed by atoms with Crippen LogP contribution in [0, 0.1) is 11.6 Å². The molecule has 0 spiro atoms. The van der Waals surface area contributed by atoms with Crippen molar-refractivity contribution < 1.29 is 18.7 Å². The largest absolute Gasteiger partial charge is 0.480 e. The number of nitrogens with zero attached hydrogens (tertiary/aromatic N) is 2. The van der Waals surface area contributed by atoms with Crippen LogP contribution in [0.15, 0.2) is 47.3 Å². The van der Waals surface area contributed by atoms with E-state index in [1.165, 1.54) is 37.5 Å². The fourth-order valence-corrected chi connectivity index (χ4v) is 4.85. The summed E-state index contributed by atoms with van der Waals surface area (Å²) in [6, 6.07) is 11.0. The molecular weight excluding hydrogens is 438 g/mol. The fraction of sp³-hybridized carbons (Fsp3) is 0.407. The number of likely N-dealkylation sites (tertiary alicyclic amines) is 1. The lowest BCUT2D eigenvalue weighted by molar-refractivity contribution is -0.137. The number of aliphatic carboxylic acids is 1. The molecule has 4 rings (SSSR count). The molecule has 1 N–H and O–H groups in total. The van der Waals surface area contributed by atoms with Crippen LogP contribution in [-0.2, 0) is 30.6 Å². The van der Waals surface area contributed by atoms with E-state index in [0.29, 0.717) is 16.6 Å². The zero-order valence-corrected chi connectivity index (χ0v) is 19.2. The topological polar surface area (TPSA) is 62.5 Å². The molecule has 0 saturated carbocycles. The van der Waals surface area contributed by atoms with Crippen LogP contribution in [0.3, 0.4) is 0 Å². The Kier molecular flexibility index (Phi) is 7.73. The number of rotatable bonds is 9. The van der Waals surface area contributed by atoms with Crippen molar-refractivity contribution in [2.24, 2.45) is 0 Å². The number of carboxylic acids is 1. The number of aromatic nitrogens is 1. The van der Waals surface area contributed by atoms with Gasteiger partial charge in [-0.3, -0.25) is 9.59 Å². The van der Waals surface area contributed by atoms with Crippen LogP contribution in [0.2, 0.25) is 0 Å². The van der Waals surface area contributed by atoms with Crippen LogP contribution in [0.25, 0.3) is 10.9 Å². The number of benzene rings is 2. The van der Waals surface area contributed by atoms with Crippen molar-refractivity contribution in [2.45, 2.75) is 51.5 Å². The second-order valence-corrected chi connectivity index (χ2v) is 9.05. The van der Waals surface area contributed by atoms with Crippen molar-refractivity contribution in [1.29, 1.82) is 0 Å². The third kappa shape index (κ3) is 5.70. The monoisotopic (exact) mass is 468 g/mol. The van der Waals surface area contributed by atoms with Crippen LogP contribution in [0.1, 0.15) is 42.5 Å². The molecule has 0 atom stereocenters. The zero-order chi connectivity index (χ0) is 24.1. The van der Waals surface area contributed by atoms with E-state index in [0.717, 1.165) is 44.1 Å². The summed E-state index contributed by atoms with van der Waals surface area (Å²) in [7, 11) is 0. The second-order valence-electron chi connectivity index (χ2n) is 9.05. The molecule has 1 aliphatic rings. The summed E-state index contributed by atoms with van der Waals surface area (Å²) in [5.41, 5.74) is 2.11. The van der Waals surface area contributed by atoms with E-state index in [1.807, 2.05) is 12.1 Å². The molecule has 0 aliphatic carbocycles. The summed E-state index contributed by atoms with van der Waals surface area (Å²) in [6.07, 6.45) is 6.01. The van der Waals surface area contributed by atoms with Crippen molar-refractivity contribution in [1.82, 2.24) is 9.47 Å². The van der Waals surface area contributed by atoms with Gasteiger partial charge >= 0.3 is 5.97 Å². The summed E-state index contributed by atoms with van der Waals surface area (Å²) in [5.74, 6) is -2.86. The predicted molar refractivity (Wildman–Crippen MR) is 128 cm³/mol. The molecule has 1 fully saturated rings. The first kappa shape index (κ1) is 24.1. The smallest absolute Gasteiger partial charge is 0.323 e. The maximum Gasteiger partial charge on any atom is 0.323 e. The first-order valence-electron chi connectivity index (χ1n) is 11.9. The van der Waals surface area contributed by atoms with Gasteiger partial charge in [0.25, 0.3) is 0 Å². The van der Waals surface area contributed by atoms with Crippen LogP contribution in [0.4, 0.5) is 8.78 Å². The van der Waals surface area contributed by atoms with E-state index < -0.39 is 17.6 Å². The van der Waals surface area contributed by atoms with Gasteiger partial charge in [-0.05, 0) is 87.5 Å². The first-order valence-corrected chi connectivity index (χ1v) is 11.9. The normalized spacial score (nSPS) is 14.5. The van der Waals surface area contributed by atoms with Gasteiger partial charge in [-0.15, -0.1) is 0 Å². The number of carbonyl (C=O) groups is 1. The Morgan fingerprint density at radius 2 is 1.76 bits per heavy atom. The summed E-state index contributed by atoms with van der Waals surface area (Å²) in [4.78, 5) is 26.9. The van der Waals surface area contributed by atoms with Crippen LogP contribution in [-0.4, -0.2) is 40.2 Å². The summed E-state index contributed by atoms with van der Waals surface area (Å²) >= 11 is 0. The number of hydrogen-bond donors (Lipinski definition) is 1. The molecule has 7 heteroatoms. The first-order chi connectivity index (χ1) is 16.4. The number of pyridine rings is 1. The summed E-state index contributed by atoms with van der Waals surface area (Å²) in [5, 5.41) is 9.99. The van der Waals surface area contributed by atoms with Gasteiger partial charge in [-0.2, -0.15) is 0 Å². The Balaban J connectivity index is 1.60. The van der Waals surface area contributed by atoms with E-state index >= 15 is 0 Å². The maximum atomic E-state index is 14.1. The van der Waals surface area contributed by atoms with Gasteiger partial charge in [0, 0.05) is 17.1 Å². The van der Waals surface area contributed by atoms with Gasteiger partial charge in [-0.25, -0.2) is 8.78 Å². The molecule has 2 aromatic carbocycles. The lowest BCUT2D eigenvalue weighted by Crippen LogP contribution is -2.30. The minimum Gasteiger partial charge on any atom is -0.480 e. The number of fused-ring (bicyclic) bond motifs is 1. The van der Waals surface area contributed by atoms with Gasteiger partial charge in [0.1, 0.15) is 6.54 Å². The molecule has 180 valence electrons. The Morgan fingerprint density at radius 1 is 0.971 bits per heavy atom. The lowest BCUT2D eigenvalue weighted by Gasteiger charge is -2.26. The molecule has 0 radical (unpaired) electrons. The van der Waals surface area contributed by atoms with E-state index in [9.17, 15) is 23.5 Å². The van der Waals surface area contributed by atoms with Gasteiger partial charge in [0.05, 0.1) is 5.52 Å². The number of aryl methyl sites for hydroxylation is 3. The summed E-state index contributed by atoms with van der Waals surface area (Å²) in [6.45, 7) is 3.00. The minimum absolute atomic E-state index is 0.156. The molecule has 5 nitrogen and oxygen atoms in total. The Morgan fingerprint density at radius 3 is 2.53 bits per heavy atom. The molecule has 1 aliphatic heterocycles. The fourth-order valence-electron chi connectivity index (χ4n) is 4.85. The van der Waals surface area contributed by atoms with E-state index in [2.05, 4.69) is 4.90 Å². The van der Waals surface area contributed by atoms with Gasteiger partial charge in [0.15, 0.2) is 17.1 Å². The van der Waals surface area contributed by atoms with E-state index in [1.54, 1.807) is 10.6 Å². The Hall–Kier alpha value is -3.06. The van der Waals surface area contributed by atoms with E-state index in [4.69, 9.17) is 0 Å². The third-order valence-electron chi connectivity index (χ3n) is 6.63. The van der Waals surface area contributed by atoms with Crippen molar-refractivity contribution in [3.8, 4) is 0 Å². The highest BCUT2D eigenvalue weighted by atomic mass is 19.2. The molecular formula is C27H30F2N2O3. The number of carboxylic acid groups (broad SMARTS) is 1. The zero-order valence-electron chi connectivity index (χ0n) is 19.2. The van der Waals surface area contributed by atoms with Crippen LogP contribution in [0.5, 0.6) is 0 Å². The predicted octanol–water partition coefficient (Wildman–Crippen LogP) is 4.57. The average Bonchev–Trinajstić information content (AvgIpc) is 2.82. The Bertz CT molecular complexity index is 1230. The van der Waals surface area contributed by atoms with Crippen molar-refractivity contribution in [3.63, 3.8) is 0 Å². The number of hydrogen-bond acceptors (Lipinski definition) is 3. The SMILES string of the molecule is O=C(O)Cn1c(CCc2cccc(F)c2F)cc(=O)c2ccc(CCCN3CCCCC3)cc21. The minimum atomic E-state index is -1.03. The second kappa shape index (κ2) is 10.9. The van der Waals surface area contributed by atoms with Crippen LogP contribution >= 0.6 is 0 Å². The highest BCUT2D eigenvalue weighted by Crippen LogP contribution is 2.20. The highest BCUT2D eigenvalue weighted by molar-refractivity contribution is 5.81. The molecule has 1 saturated heterocycles. The Labute approximate surface area is 197 Å². The van der Waals surface area contributed by atoms with Gasteiger partial charge in [-0.1, -0.05) is 24.6 Å². The third-order valence-corrected chi connectivity index (χ3v) is 6.63. The molecule has 1 aromatic heterocycles. The lowest BCUT2D eigenvalue weighted by atomic mass is 10.0. The van der Waals surface area contributed by atoms with Gasteiger partial charge in [0.2, 0.25) is 0 Å². The standard InChI is InChI=1S/C27H30F2N2O3/c28-23-8-4-7-20(27(23)29)10-11-21-17-25(32)22-12-9-19(16-24(22)31(21)18-26(33)34)6-5-15-30-13-2-1-3-14-30/h4,7-9,12,16-17H,1-3,5-6,10-11,13-15,18H2,(H,33,34). The quantitative estimate of drug-likeness (QED) is 0.500. The highest BCUT2D eigenvalue weighted by Gasteiger charge is 2.15.